The Morgan fingerprint density at radius 3 is 2.58 bits per heavy atom. The highest BCUT2D eigenvalue weighted by atomic mass is 16.4. The molecule has 0 aliphatic rings. The summed E-state index contributed by atoms with van der Waals surface area (Å²) in [6, 6.07) is 16.9. The molecule has 6 heteroatoms. The number of anilines is 1. The molecule has 0 radical (unpaired) electrons. The molecule has 0 saturated carbocycles. The van der Waals surface area contributed by atoms with Crippen LogP contribution in [0.15, 0.2) is 77.6 Å². The highest BCUT2D eigenvalue weighted by Crippen LogP contribution is 2.28. The number of oxazole rings is 1. The number of hydrogen-bond donors (Lipinski definition) is 1. The van der Waals surface area contributed by atoms with Gasteiger partial charge >= 0.3 is 0 Å². The number of carbonyl (C=O) groups excluding carboxylic acids is 1. The van der Waals surface area contributed by atoms with Crippen LogP contribution in [0, 0.1) is 0 Å². The van der Waals surface area contributed by atoms with Crippen molar-refractivity contribution in [2.24, 2.45) is 7.05 Å². The topological polar surface area (TPSA) is 73.0 Å². The molecule has 2 aromatic heterocycles. The molecule has 4 rings (SSSR count). The summed E-state index contributed by atoms with van der Waals surface area (Å²) in [7, 11) is 1.79. The van der Waals surface area contributed by atoms with E-state index in [2.05, 4.69) is 15.4 Å². The lowest BCUT2D eigenvalue weighted by molar-refractivity contribution is 0.102. The maximum absolute atomic E-state index is 12.7. The fourth-order valence-electron chi connectivity index (χ4n) is 2.69. The van der Waals surface area contributed by atoms with Gasteiger partial charge in [0.05, 0.1) is 23.6 Å². The Morgan fingerprint density at radius 2 is 1.81 bits per heavy atom. The van der Waals surface area contributed by atoms with E-state index >= 15 is 0 Å². The maximum Gasteiger partial charge on any atom is 0.256 e. The molecule has 0 aliphatic carbocycles. The lowest BCUT2D eigenvalue weighted by atomic mass is 10.1. The maximum atomic E-state index is 12.7. The van der Waals surface area contributed by atoms with Gasteiger partial charge in [-0.1, -0.05) is 42.5 Å². The van der Waals surface area contributed by atoms with E-state index in [0.717, 1.165) is 5.56 Å². The van der Waals surface area contributed by atoms with Crippen LogP contribution in [0.4, 0.5) is 5.69 Å². The third kappa shape index (κ3) is 3.12. The zero-order chi connectivity index (χ0) is 17.9. The molecule has 128 valence electrons. The van der Waals surface area contributed by atoms with Gasteiger partial charge in [0.15, 0.2) is 5.76 Å². The van der Waals surface area contributed by atoms with E-state index in [1.54, 1.807) is 36.4 Å². The smallest absolute Gasteiger partial charge is 0.256 e. The zero-order valence-electron chi connectivity index (χ0n) is 14.1. The first-order chi connectivity index (χ1) is 12.7. The largest absolute Gasteiger partial charge is 0.436 e. The molecule has 0 fully saturated rings. The second-order valence-electron chi connectivity index (χ2n) is 5.80. The number of benzene rings is 2. The second kappa shape index (κ2) is 6.68. The Morgan fingerprint density at radius 1 is 1.04 bits per heavy atom. The number of nitrogens with one attached hydrogen (secondary N) is 1. The monoisotopic (exact) mass is 344 g/mol. The van der Waals surface area contributed by atoms with Gasteiger partial charge in [0.1, 0.15) is 0 Å². The van der Waals surface area contributed by atoms with Crippen LogP contribution in [-0.4, -0.2) is 20.7 Å². The van der Waals surface area contributed by atoms with Gasteiger partial charge in [-0.15, -0.1) is 0 Å². The number of amides is 1. The average molecular weight is 344 g/mol. The lowest BCUT2D eigenvalue weighted by Gasteiger charge is -2.06. The molecule has 1 amide bonds. The third-order valence-corrected chi connectivity index (χ3v) is 3.93. The average Bonchev–Trinajstić information content (AvgIpc) is 3.32. The van der Waals surface area contributed by atoms with Gasteiger partial charge in [0, 0.05) is 24.4 Å². The summed E-state index contributed by atoms with van der Waals surface area (Å²) in [5, 5.41) is 6.89. The Kier molecular flexibility index (Phi) is 4.07. The SMILES string of the molecule is Cn1cc(NC(=O)c2ccccc2-c2ncc(-c3ccccc3)o2)cn1. The molecule has 2 heterocycles. The minimum absolute atomic E-state index is 0.243. The molecule has 0 unspecified atom stereocenters. The molecule has 26 heavy (non-hydrogen) atoms. The molecule has 6 nitrogen and oxygen atoms in total. The third-order valence-electron chi connectivity index (χ3n) is 3.93. The van der Waals surface area contributed by atoms with Crippen LogP contribution >= 0.6 is 0 Å². The van der Waals surface area contributed by atoms with Crippen molar-refractivity contribution in [2.75, 3.05) is 5.32 Å². The molecule has 0 atom stereocenters. The molecule has 4 aromatic rings. The van der Waals surface area contributed by atoms with E-state index in [9.17, 15) is 4.79 Å². The van der Waals surface area contributed by atoms with E-state index < -0.39 is 0 Å². The number of carbonyl (C=O) groups is 1. The summed E-state index contributed by atoms with van der Waals surface area (Å²) in [6.45, 7) is 0. The van der Waals surface area contributed by atoms with Crippen LogP contribution in [0.3, 0.4) is 0 Å². The minimum Gasteiger partial charge on any atom is -0.436 e. The predicted molar refractivity (Wildman–Crippen MR) is 98.5 cm³/mol. The van der Waals surface area contributed by atoms with E-state index in [1.165, 1.54) is 0 Å². The number of hydrogen-bond acceptors (Lipinski definition) is 4. The van der Waals surface area contributed by atoms with Crippen LogP contribution < -0.4 is 5.32 Å². The molecule has 0 spiro atoms. The first-order valence-electron chi connectivity index (χ1n) is 8.11. The summed E-state index contributed by atoms with van der Waals surface area (Å²) >= 11 is 0. The van der Waals surface area contributed by atoms with E-state index in [-0.39, 0.29) is 5.91 Å². The Bertz CT molecular complexity index is 1050. The van der Waals surface area contributed by atoms with E-state index in [0.29, 0.717) is 28.5 Å². The number of aryl methyl sites for hydroxylation is 1. The highest BCUT2D eigenvalue weighted by Gasteiger charge is 2.17. The van der Waals surface area contributed by atoms with Gasteiger partial charge in [-0.05, 0) is 12.1 Å². The quantitative estimate of drug-likeness (QED) is 0.607. The second-order valence-corrected chi connectivity index (χ2v) is 5.80. The number of rotatable bonds is 4. The van der Waals surface area contributed by atoms with Crippen molar-refractivity contribution >= 4 is 11.6 Å². The van der Waals surface area contributed by atoms with Gasteiger partial charge in [-0.25, -0.2) is 4.98 Å². The fraction of sp³-hybridized carbons (Fsp3) is 0.0500. The lowest BCUT2D eigenvalue weighted by Crippen LogP contribution is -2.12. The van der Waals surface area contributed by atoms with Crippen molar-refractivity contribution in [3.63, 3.8) is 0 Å². The first-order valence-corrected chi connectivity index (χ1v) is 8.11. The zero-order valence-corrected chi connectivity index (χ0v) is 14.1. The van der Waals surface area contributed by atoms with Gasteiger partial charge < -0.3 is 9.73 Å². The Labute approximate surface area is 150 Å². The standard InChI is InChI=1S/C20H16N4O2/c1-24-13-15(11-22-24)23-19(25)16-9-5-6-10-17(16)20-21-12-18(26-20)14-7-3-2-4-8-14/h2-13H,1H3,(H,23,25). The van der Waals surface area contributed by atoms with Crippen LogP contribution in [0.25, 0.3) is 22.8 Å². The van der Waals surface area contributed by atoms with E-state index in [1.807, 2.05) is 48.5 Å². The predicted octanol–water partition coefficient (Wildman–Crippen LogP) is 3.99. The molecule has 0 saturated heterocycles. The molecule has 0 bridgehead atoms. The van der Waals surface area contributed by atoms with Crippen LogP contribution in [0.2, 0.25) is 0 Å². The summed E-state index contributed by atoms with van der Waals surface area (Å²) in [4.78, 5) is 17.0. The van der Waals surface area contributed by atoms with Crippen LogP contribution in [0.5, 0.6) is 0 Å². The summed E-state index contributed by atoms with van der Waals surface area (Å²) < 4.78 is 7.52. The van der Waals surface area contributed by atoms with Crippen molar-refractivity contribution in [3.05, 3.63) is 78.8 Å². The minimum atomic E-state index is -0.243. The fourth-order valence-corrected chi connectivity index (χ4v) is 2.69. The summed E-state index contributed by atoms with van der Waals surface area (Å²) in [5.74, 6) is 0.817. The number of nitrogens with zero attached hydrogens (tertiary/aromatic N) is 3. The molecular formula is C20H16N4O2. The van der Waals surface area contributed by atoms with E-state index in [4.69, 9.17) is 4.42 Å². The molecule has 2 aromatic carbocycles. The van der Waals surface area contributed by atoms with Crippen LogP contribution in [-0.2, 0) is 7.05 Å². The first kappa shape index (κ1) is 15.8. The molecule has 1 N–H and O–H groups in total. The molecule has 0 aliphatic heterocycles. The van der Waals surface area contributed by atoms with Crippen molar-refractivity contribution in [3.8, 4) is 22.8 Å². The van der Waals surface area contributed by atoms with Crippen molar-refractivity contribution < 1.29 is 9.21 Å². The summed E-state index contributed by atoms with van der Waals surface area (Å²) in [6.07, 6.45) is 5.00. The van der Waals surface area contributed by atoms with Gasteiger partial charge in [-0.2, -0.15) is 5.10 Å². The van der Waals surface area contributed by atoms with Gasteiger partial charge in [0.25, 0.3) is 5.91 Å². The van der Waals surface area contributed by atoms with Gasteiger partial charge in [0.2, 0.25) is 5.89 Å². The Hall–Kier alpha value is -3.67. The highest BCUT2D eigenvalue weighted by molar-refractivity contribution is 6.08. The van der Waals surface area contributed by atoms with Crippen molar-refractivity contribution in [1.82, 2.24) is 14.8 Å². The van der Waals surface area contributed by atoms with Gasteiger partial charge in [-0.3, -0.25) is 9.48 Å². The van der Waals surface area contributed by atoms with Crippen LogP contribution in [0.1, 0.15) is 10.4 Å². The van der Waals surface area contributed by atoms with Crippen molar-refractivity contribution in [2.45, 2.75) is 0 Å². The molecular weight excluding hydrogens is 328 g/mol. The Balaban J connectivity index is 1.66. The summed E-state index contributed by atoms with van der Waals surface area (Å²) in [5.41, 5.74) is 2.68. The number of aromatic nitrogens is 3. The van der Waals surface area contributed by atoms with Crippen molar-refractivity contribution in [1.29, 1.82) is 0 Å². The normalized spacial score (nSPS) is 10.7.